The Morgan fingerprint density at radius 3 is 1.89 bits per heavy atom. The molecule has 0 fully saturated rings. The van der Waals surface area contributed by atoms with E-state index in [1.54, 1.807) is 13.8 Å². The minimum atomic E-state index is -5.76. The third kappa shape index (κ3) is 4.75. The molecule has 0 aromatic carbocycles. The van der Waals surface area contributed by atoms with Gasteiger partial charge in [0.15, 0.2) is 6.61 Å². The van der Waals surface area contributed by atoms with E-state index in [9.17, 15) is 31.9 Å². The molecule has 108 valence electrons. The van der Waals surface area contributed by atoms with Crippen molar-refractivity contribution < 1.29 is 36.6 Å². The Balaban J connectivity index is 4.37. The monoisotopic (exact) mass is 278 g/mol. The lowest BCUT2D eigenvalue weighted by molar-refractivity contribution is -0.294. The average Bonchev–Trinajstić information content (AvgIpc) is 2.25. The van der Waals surface area contributed by atoms with Gasteiger partial charge < -0.3 is 9.84 Å². The Hall–Kier alpha value is -0.920. The fourth-order valence-corrected chi connectivity index (χ4v) is 1.07. The van der Waals surface area contributed by atoms with Crippen LogP contribution in [0.25, 0.3) is 0 Å². The molecular weight excluding hydrogens is 263 g/mol. The molecule has 18 heavy (non-hydrogen) atoms. The summed E-state index contributed by atoms with van der Waals surface area (Å²) in [5, 5.41) is 9.68. The Morgan fingerprint density at radius 2 is 1.56 bits per heavy atom. The first-order valence-electron chi connectivity index (χ1n) is 5.30. The van der Waals surface area contributed by atoms with Crippen molar-refractivity contribution in [2.45, 2.75) is 50.8 Å². The number of carbonyl (C=O) groups excluding carboxylic acids is 1. The summed E-state index contributed by atoms with van der Waals surface area (Å²) in [6, 6.07) is 0. The van der Waals surface area contributed by atoms with E-state index in [1.165, 1.54) is 0 Å². The van der Waals surface area contributed by atoms with Gasteiger partial charge in [0, 0.05) is 0 Å². The van der Waals surface area contributed by atoms with Crippen LogP contribution in [0.2, 0.25) is 0 Å². The van der Waals surface area contributed by atoms with Gasteiger partial charge in [0.2, 0.25) is 0 Å². The maximum atomic E-state index is 12.4. The summed E-state index contributed by atoms with van der Waals surface area (Å²) in [6.45, 7) is 1.04. The summed E-state index contributed by atoms with van der Waals surface area (Å²) >= 11 is 0. The van der Waals surface area contributed by atoms with Gasteiger partial charge in [-0.25, -0.2) is 0 Å². The number of esters is 1. The van der Waals surface area contributed by atoms with Gasteiger partial charge >= 0.3 is 18.1 Å². The first-order valence-corrected chi connectivity index (χ1v) is 5.30. The molecule has 0 spiro atoms. The maximum Gasteiger partial charge on any atom is 0.456 e. The zero-order valence-electron chi connectivity index (χ0n) is 9.98. The number of aliphatic hydroxyl groups is 1. The highest BCUT2D eigenvalue weighted by Crippen LogP contribution is 2.35. The van der Waals surface area contributed by atoms with Gasteiger partial charge in [-0.3, -0.25) is 4.79 Å². The van der Waals surface area contributed by atoms with E-state index in [4.69, 9.17) is 0 Å². The van der Waals surface area contributed by atoms with E-state index < -0.39 is 36.7 Å². The Labute approximate surface area is 101 Å². The van der Waals surface area contributed by atoms with Crippen LogP contribution in [0.4, 0.5) is 22.0 Å². The van der Waals surface area contributed by atoms with Crippen molar-refractivity contribution in [2.24, 2.45) is 0 Å². The van der Waals surface area contributed by atoms with Crippen LogP contribution in [-0.4, -0.2) is 35.4 Å². The largest absolute Gasteiger partial charge is 0.459 e. The van der Waals surface area contributed by atoms with E-state index >= 15 is 0 Å². The zero-order valence-corrected chi connectivity index (χ0v) is 9.98. The van der Waals surface area contributed by atoms with Gasteiger partial charge in [-0.2, -0.15) is 22.0 Å². The number of hydrogen-bond acceptors (Lipinski definition) is 3. The lowest BCUT2D eigenvalue weighted by atomic mass is 9.94. The molecule has 0 amide bonds. The van der Waals surface area contributed by atoms with Crippen molar-refractivity contribution in [3.63, 3.8) is 0 Å². The second kappa shape index (κ2) is 5.81. The molecule has 0 saturated heterocycles. The van der Waals surface area contributed by atoms with Crippen LogP contribution in [0, 0.1) is 0 Å². The molecule has 0 rings (SSSR count). The summed E-state index contributed by atoms with van der Waals surface area (Å²) in [4.78, 5) is 11.1. The first kappa shape index (κ1) is 17.1. The second-order valence-corrected chi connectivity index (χ2v) is 3.97. The zero-order chi connectivity index (χ0) is 14.6. The molecule has 8 heteroatoms. The van der Waals surface area contributed by atoms with Crippen LogP contribution in [0.5, 0.6) is 0 Å². The van der Waals surface area contributed by atoms with Crippen LogP contribution in [0.3, 0.4) is 0 Å². The summed E-state index contributed by atoms with van der Waals surface area (Å²) in [5.74, 6) is -6.37. The topological polar surface area (TPSA) is 46.5 Å². The van der Waals surface area contributed by atoms with Gasteiger partial charge in [-0.05, 0) is 12.8 Å². The molecule has 0 aliphatic carbocycles. The Morgan fingerprint density at radius 1 is 1.11 bits per heavy atom. The molecule has 0 atom stereocenters. The molecule has 3 nitrogen and oxygen atoms in total. The van der Waals surface area contributed by atoms with Gasteiger partial charge in [0.05, 0.1) is 12.0 Å². The minimum Gasteiger partial charge on any atom is -0.459 e. The van der Waals surface area contributed by atoms with Crippen molar-refractivity contribution in [3.05, 3.63) is 0 Å². The lowest BCUT2D eigenvalue weighted by Crippen LogP contribution is -2.42. The highest BCUT2D eigenvalue weighted by molar-refractivity contribution is 5.70. The molecular formula is C10H15F5O3. The predicted octanol–water partition coefficient (Wildman–Crippen LogP) is 2.67. The molecule has 0 aliphatic heterocycles. The minimum absolute atomic E-state index is 0.161. The Kier molecular flexibility index (Phi) is 5.52. The van der Waals surface area contributed by atoms with Crippen LogP contribution in [0.15, 0.2) is 0 Å². The molecule has 0 aliphatic rings. The Bertz CT molecular complexity index is 284. The predicted molar refractivity (Wildman–Crippen MR) is 52.1 cm³/mol. The first-order chi connectivity index (χ1) is 7.97. The van der Waals surface area contributed by atoms with Crippen molar-refractivity contribution in [1.82, 2.24) is 0 Å². The lowest BCUT2D eigenvalue weighted by Gasteiger charge is -2.25. The number of carbonyl (C=O) groups is 1. The fourth-order valence-electron chi connectivity index (χ4n) is 1.07. The summed E-state index contributed by atoms with van der Waals surface area (Å²) in [6.07, 6.45) is -6.06. The number of ether oxygens (including phenoxy) is 1. The summed E-state index contributed by atoms with van der Waals surface area (Å²) < 4.78 is 64.0. The van der Waals surface area contributed by atoms with E-state index in [0.29, 0.717) is 0 Å². The maximum absolute atomic E-state index is 12.4. The van der Waals surface area contributed by atoms with E-state index in [1.807, 2.05) is 0 Å². The average molecular weight is 278 g/mol. The number of halogens is 5. The van der Waals surface area contributed by atoms with Crippen molar-refractivity contribution in [2.75, 3.05) is 6.61 Å². The highest BCUT2D eigenvalue weighted by atomic mass is 19.4. The van der Waals surface area contributed by atoms with Crippen LogP contribution in [-0.2, 0) is 9.53 Å². The number of rotatable bonds is 6. The summed E-state index contributed by atoms with van der Waals surface area (Å²) in [5.41, 5.74) is -1.44. The van der Waals surface area contributed by atoms with Gasteiger partial charge in [0.1, 0.15) is 0 Å². The van der Waals surface area contributed by atoms with Crippen molar-refractivity contribution in [3.8, 4) is 0 Å². The standard InChI is InChI=1S/C10H15F5O3/c1-3-8(17,4-2)5-7(16)18-6-9(11,12)10(13,14)15/h17H,3-6H2,1-2H3. The molecule has 0 heterocycles. The molecule has 0 radical (unpaired) electrons. The summed E-state index contributed by atoms with van der Waals surface area (Å²) in [7, 11) is 0. The fraction of sp³-hybridized carbons (Fsp3) is 0.900. The molecule has 0 saturated carbocycles. The molecule has 0 unspecified atom stereocenters. The molecule has 0 bridgehead atoms. The highest BCUT2D eigenvalue weighted by Gasteiger charge is 2.58. The SMILES string of the molecule is CCC(O)(CC)CC(=O)OCC(F)(F)C(F)(F)F. The van der Waals surface area contributed by atoms with Crippen LogP contribution in [0.1, 0.15) is 33.1 Å². The molecule has 1 N–H and O–H groups in total. The van der Waals surface area contributed by atoms with Gasteiger partial charge in [0.25, 0.3) is 0 Å². The van der Waals surface area contributed by atoms with E-state index in [0.717, 1.165) is 0 Å². The second-order valence-electron chi connectivity index (χ2n) is 3.97. The normalized spacial score (nSPS) is 13.6. The van der Waals surface area contributed by atoms with Crippen molar-refractivity contribution >= 4 is 5.97 Å². The smallest absolute Gasteiger partial charge is 0.456 e. The third-order valence-corrected chi connectivity index (χ3v) is 2.62. The van der Waals surface area contributed by atoms with Crippen LogP contribution < -0.4 is 0 Å². The number of hydrogen-bond donors (Lipinski definition) is 1. The number of alkyl halides is 5. The van der Waals surface area contributed by atoms with Gasteiger partial charge in [-0.1, -0.05) is 13.8 Å². The quantitative estimate of drug-likeness (QED) is 0.600. The molecule has 0 aromatic rings. The van der Waals surface area contributed by atoms with E-state index in [-0.39, 0.29) is 12.8 Å². The van der Waals surface area contributed by atoms with Crippen LogP contribution >= 0.6 is 0 Å². The van der Waals surface area contributed by atoms with Gasteiger partial charge in [-0.15, -0.1) is 0 Å². The van der Waals surface area contributed by atoms with Crippen molar-refractivity contribution in [1.29, 1.82) is 0 Å². The third-order valence-electron chi connectivity index (χ3n) is 2.62. The molecule has 0 aromatic heterocycles. The van der Waals surface area contributed by atoms with E-state index in [2.05, 4.69) is 4.74 Å².